The van der Waals surface area contributed by atoms with Crippen LogP contribution >= 0.6 is 15.9 Å². The Hall–Kier alpha value is -0.950. The lowest BCUT2D eigenvalue weighted by Crippen LogP contribution is -2.06. The lowest BCUT2D eigenvalue weighted by atomic mass is 10.1. The zero-order valence-corrected chi connectivity index (χ0v) is 8.61. The van der Waals surface area contributed by atoms with E-state index >= 15 is 0 Å². The minimum absolute atomic E-state index is 0.0331. The minimum Gasteiger partial charge on any atom is -0.166 e. The first-order valence-corrected chi connectivity index (χ1v) is 4.53. The maximum Gasteiger partial charge on any atom is 0.417 e. The summed E-state index contributed by atoms with van der Waals surface area (Å²) < 4.78 is 37.2. The molecule has 1 aromatic rings. The highest BCUT2D eigenvalue weighted by atomic mass is 79.9. The van der Waals surface area contributed by atoms with E-state index < -0.39 is 11.7 Å². The summed E-state index contributed by atoms with van der Waals surface area (Å²) in [5.41, 5.74) is -0.201. The van der Waals surface area contributed by atoms with Crippen molar-refractivity contribution in [2.75, 3.05) is 0 Å². The number of alkyl halides is 3. The van der Waals surface area contributed by atoms with Crippen molar-refractivity contribution in [2.45, 2.75) is 12.6 Å². The first-order valence-electron chi connectivity index (χ1n) is 3.74. The van der Waals surface area contributed by atoms with Gasteiger partial charge in [0.25, 0.3) is 0 Å². The molecule has 0 aromatic heterocycles. The Morgan fingerprint density at radius 1 is 1.36 bits per heavy atom. The summed E-state index contributed by atoms with van der Waals surface area (Å²) in [6.45, 7) is 0. The Morgan fingerprint density at radius 3 is 2.50 bits per heavy atom. The number of benzene rings is 1. The molecule has 0 aliphatic carbocycles. The molecule has 0 N–H and O–H groups in total. The molecule has 0 unspecified atom stereocenters. The monoisotopic (exact) mass is 262 g/mol. The van der Waals surface area contributed by atoms with Crippen LogP contribution in [-0.4, -0.2) is 0 Å². The highest BCUT2D eigenvalue weighted by Crippen LogP contribution is 2.35. The number of hydrogen-bond donors (Lipinski definition) is 0. The fourth-order valence-electron chi connectivity index (χ4n) is 1.02. The maximum atomic E-state index is 12.4. The molecule has 0 nitrogen and oxygen atoms in total. The Kier molecular flexibility index (Phi) is 3.22. The van der Waals surface area contributed by atoms with Gasteiger partial charge in [0.1, 0.15) is 0 Å². The molecule has 0 amide bonds. The van der Waals surface area contributed by atoms with E-state index in [0.717, 1.165) is 6.07 Å². The summed E-state index contributed by atoms with van der Waals surface area (Å²) in [7, 11) is 0. The van der Waals surface area contributed by atoms with E-state index in [-0.39, 0.29) is 10.9 Å². The van der Waals surface area contributed by atoms with Crippen molar-refractivity contribution in [3.63, 3.8) is 0 Å². The van der Waals surface area contributed by atoms with Crippen LogP contribution in [0.3, 0.4) is 0 Å². The smallest absolute Gasteiger partial charge is 0.166 e. The van der Waals surface area contributed by atoms with Crippen LogP contribution in [0.1, 0.15) is 11.1 Å². The van der Waals surface area contributed by atoms with Crippen LogP contribution in [0.4, 0.5) is 13.2 Å². The molecule has 0 bridgehead atoms. The first-order chi connectivity index (χ1) is 6.45. The van der Waals surface area contributed by atoms with Crippen molar-refractivity contribution >= 4 is 15.9 Å². The molecule has 0 saturated carbocycles. The first kappa shape index (κ1) is 11.1. The SMILES string of the molecule is C#CCc1ccc(Br)c(C(F)(F)F)c1. The van der Waals surface area contributed by atoms with Gasteiger partial charge in [-0.3, -0.25) is 0 Å². The predicted octanol–water partition coefficient (Wildman–Crippen LogP) is 3.64. The second-order valence-electron chi connectivity index (χ2n) is 2.69. The van der Waals surface area contributed by atoms with Crippen LogP contribution in [0.25, 0.3) is 0 Å². The molecule has 4 heteroatoms. The van der Waals surface area contributed by atoms with Gasteiger partial charge in [0.15, 0.2) is 0 Å². The van der Waals surface area contributed by atoms with E-state index in [4.69, 9.17) is 6.42 Å². The van der Waals surface area contributed by atoms with Gasteiger partial charge in [-0.1, -0.05) is 22.0 Å². The van der Waals surface area contributed by atoms with Crippen LogP contribution in [0.15, 0.2) is 22.7 Å². The summed E-state index contributed by atoms with van der Waals surface area (Å²) in [5, 5.41) is 0. The van der Waals surface area contributed by atoms with Crippen LogP contribution in [0.2, 0.25) is 0 Å². The van der Waals surface area contributed by atoms with Crippen LogP contribution in [0, 0.1) is 12.3 Å². The minimum atomic E-state index is -4.34. The quantitative estimate of drug-likeness (QED) is 0.678. The molecular weight excluding hydrogens is 257 g/mol. The largest absolute Gasteiger partial charge is 0.417 e. The van der Waals surface area contributed by atoms with Crippen LogP contribution in [0.5, 0.6) is 0 Å². The lowest BCUT2D eigenvalue weighted by Gasteiger charge is -2.09. The molecular formula is C10H6BrF3. The van der Waals surface area contributed by atoms with Crippen molar-refractivity contribution in [2.24, 2.45) is 0 Å². The van der Waals surface area contributed by atoms with E-state index in [1.54, 1.807) is 6.07 Å². The molecule has 1 rings (SSSR count). The molecule has 14 heavy (non-hydrogen) atoms. The van der Waals surface area contributed by atoms with E-state index in [1.807, 2.05) is 0 Å². The molecule has 0 radical (unpaired) electrons. The number of halogens is 4. The van der Waals surface area contributed by atoms with Gasteiger partial charge in [-0.05, 0) is 17.7 Å². The molecule has 0 aliphatic heterocycles. The van der Waals surface area contributed by atoms with Gasteiger partial charge in [0.2, 0.25) is 0 Å². The van der Waals surface area contributed by atoms with Gasteiger partial charge >= 0.3 is 6.18 Å². The lowest BCUT2D eigenvalue weighted by molar-refractivity contribution is -0.138. The molecule has 0 spiro atoms. The molecule has 0 aliphatic rings. The summed E-state index contributed by atoms with van der Waals surface area (Å²) in [6.07, 6.45) is 0.876. The molecule has 0 atom stereocenters. The molecule has 74 valence electrons. The standard InChI is InChI=1S/C10H6BrF3/c1-2-3-7-4-5-9(11)8(6-7)10(12,13)14/h1,4-6H,3H2. The van der Waals surface area contributed by atoms with E-state index in [2.05, 4.69) is 21.9 Å². The van der Waals surface area contributed by atoms with Crippen molar-refractivity contribution in [3.8, 4) is 12.3 Å². The third-order valence-electron chi connectivity index (χ3n) is 1.64. The predicted molar refractivity (Wildman–Crippen MR) is 51.7 cm³/mol. The Balaban J connectivity index is 3.17. The van der Waals surface area contributed by atoms with Gasteiger partial charge in [0.05, 0.1) is 5.56 Å². The molecule has 0 heterocycles. The van der Waals surface area contributed by atoms with E-state index in [0.29, 0.717) is 5.56 Å². The third kappa shape index (κ3) is 2.52. The number of hydrogen-bond acceptors (Lipinski definition) is 0. The average Bonchev–Trinajstić information content (AvgIpc) is 2.07. The van der Waals surface area contributed by atoms with Crippen molar-refractivity contribution in [1.29, 1.82) is 0 Å². The maximum absolute atomic E-state index is 12.4. The summed E-state index contributed by atoms with van der Waals surface area (Å²) in [5.74, 6) is 2.30. The Bertz CT molecular complexity index is 374. The zero-order chi connectivity index (χ0) is 10.8. The van der Waals surface area contributed by atoms with Crippen molar-refractivity contribution < 1.29 is 13.2 Å². The third-order valence-corrected chi connectivity index (χ3v) is 2.33. The fraction of sp³-hybridized carbons (Fsp3) is 0.200. The summed E-state index contributed by atoms with van der Waals surface area (Å²) >= 11 is 2.85. The van der Waals surface area contributed by atoms with Gasteiger partial charge in [-0.2, -0.15) is 13.2 Å². The second-order valence-corrected chi connectivity index (χ2v) is 3.55. The summed E-state index contributed by atoms with van der Waals surface area (Å²) in [4.78, 5) is 0. The average molecular weight is 263 g/mol. The highest BCUT2D eigenvalue weighted by Gasteiger charge is 2.32. The number of terminal acetylenes is 1. The van der Waals surface area contributed by atoms with Crippen LogP contribution in [-0.2, 0) is 12.6 Å². The number of rotatable bonds is 1. The zero-order valence-electron chi connectivity index (χ0n) is 7.03. The van der Waals surface area contributed by atoms with Crippen molar-refractivity contribution in [1.82, 2.24) is 0 Å². The Morgan fingerprint density at radius 2 is 2.00 bits per heavy atom. The fourth-order valence-corrected chi connectivity index (χ4v) is 1.49. The Labute approximate surface area is 88.3 Å². The van der Waals surface area contributed by atoms with Gasteiger partial charge in [0, 0.05) is 10.9 Å². The van der Waals surface area contributed by atoms with Crippen molar-refractivity contribution in [3.05, 3.63) is 33.8 Å². The topological polar surface area (TPSA) is 0 Å². The van der Waals surface area contributed by atoms with Gasteiger partial charge in [-0.15, -0.1) is 12.3 Å². The normalized spacial score (nSPS) is 11.1. The highest BCUT2D eigenvalue weighted by molar-refractivity contribution is 9.10. The van der Waals surface area contributed by atoms with E-state index in [9.17, 15) is 13.2 Å². The van der Waals surface area contributed by atoms with E-state index in [1.165, 1.54) is 6.07 Å². The van der Waals surface area contributed by atoms with Gasteiger partial charge in [-0.25, -0.2) is 0 Å². The van der Waals surface area contributed by atoms with Gasteiger partial charge < -0.3 is 0 Å². The molecule has 0 saturated heterocycles. The molecule has 1 aromatic carbocycles. The molecule has 0 fully saturated rings. The van der Waals surface area contributed by atoms with Crippen LogP contribution < -0.4 is 0 Å². The second kappa shape index (κ2) is 4.05. The summed E-state index contributed by atoms with van der Waals surface area (Å²) in [6, 6.07) is 3.98.